The largest absolute Gasteiger partial charge is 0.478 e. The number of rotatable bonds is 5. The molecule has 0 bridgehead atoms. The second-order valence-electron chi connectivity index (χ2n) is 5.04. The number of nitrogens with zero attached hydrogens (tertiary/aromatic N) is 1. The van der Waals surface area contributed by atoms with E-state index in [0.717, 1.165) is 12.0 Å². The summed E-state index contributed by atoms with van der Waals surface area (Å²) in [5.41, 5.74) is 1.43. The summed E-state index contributed by atoms with van der Waals surface area (Å²) in [6.45, 7) is 4.36. The summed E-state index contributed by atoms with van der Waals surface area (Å²) in [6.07, 6.45) is 1.02. The van der Waals surface area contributed by atoms with Crippen LogP contribution in [-0.2, 0) is 0 Å². The zero-order valence-corrected chi connectivity index (χ0v) is 11.0. The van der Waals surface area contributed by atoms with Gasteiger partial charge in [-0.2, -0.15) is 0 Å². The number of benzene rings is 1. The van der Waals surface area contributed by atoms with Gasteiger partial charge in [-0.15, -0.1) is 0 Å². The molecular formula is C14H21NO2. The van der Waals surface area contributed by atoms with E-state index in [-0.39, 0.29) is 6.04 Å². The Morgan fingerprint density at radius 2 is 2.00 bits per heavy atom. The third kappa shape index (κ3) is 3.86. The summed E-state index contributed by atoms with van der Waals surface area (Å²) in [5.74, 6) is -0.287. The van der Waals surface area contributed by atoms with Crippen LogP contribution in [0.5, 0.6) is 0 Å². The van der Waals surface area contributed by atoms with Gasteiger partial charge in [0.05, 0.1) is 5.56 Å². The van der Waals surface area contributed by atoms with E-state index in [1.165, 1.54) is 0 Å². The molecule has 17 heavy (non-hydrogen) atoms. The summed E-state index contributed by atoms with van der Waals surface area (Å²) in [6, 6.07) is 7.49. The maximum absolute atomic E-state index is 11.0. The minimum atomic E-state index is -0.867. The molecule has 1 aromatic rings. The Kier molecular flexibility index (Phi) is 4.70. The van der Waals surface area contributed by atoms with Crippen LogP contribution in [0.15, 0.2) is 24.3 Å². The molecule has 0 fully saturated rings. The molecule has 1 unspecified atom stereocenters. The molecule has 0 aliphatic heterocycles. The number of carboxylic acids is 1. The van der Waals surface area contributed by atoms with Crippen LogP contribution in [0.3, 0.4) is 0 Å². The second kappa shape index (κ2) is 5.82. The lowest BCUT2D eigenvalue weighted by Gasteiger charge is -2.26. The van der Waals surface area contributed by atoms with Crippen LogP contribution in [-0.4, -0.2) is 30.1 Å². The van der Waals surface area contributed by atoms with Crippen LogP contribution in [0.2, 0.25) is 0 Å². The number of carboxylic acid groups (broad SMARTS) is 1. The minimum Gasteiger partial charge on any atom is -0.478 e. The highest BCUT2D eigenvalue weighted by atomic mass is 16.4. The minimum absolute atomic E-state index is 0.272. The quantitative estimate of drug-likeness (QED) is 0.852. The van der Waals surface area contributed by atoms with Gasteiger partial charge in [-0.3, -0.25) is 0 Å². The number of hydrogen-bond donors (Lipinski definition) is 1. The van der Waals surface area contributed by atoms with Crippen molar-refractivity contribution in [3.05, 3.63) is 35.4 Å². The topological polar surface area (TPSA) is 40.5 Å². The highest BCUT2D eigenvalue weighted by Gasteiger charge is 2.16. The fourth-order valence-electron chi connectivity index (χ4n) is 1.97. The van der Waals surface area contributed by atoms with E-state index >= 15 is 0 Å². The molecular weight excluding hydrogens is 214 g/mol. The van der Waals surface area contributed by atoms with Crippen molar-refractivity contribution in [3.63, 3.8) is 0 Å². The fourth-order valence-corrected chi connectivity index (χ4v) is 1.97. The molecule has 1 rings (SSSR count). The molecule has 0 amide bonds. The summed E-state index contributed by atoms with van der Waals surface area (Å²) >= 11 is 0. The molecule has 3 nitrogen and oxygen atoms in total. The molecule has 0 aliphatic carbocycles. The first-order chi connectivity index (χ1) is 7.91. The van der Waals surface area contributed by atoms with E-state index < -0.39 is 5.97 Å². The molecule has 0 heterocycles. The van der Waals surface area contributed by atoms with Gasteiger partial charge >= 0.3 is 5.97 Å². The Morgan fingerprint density at radius 3 is 2.47 bits per heavy atom. The molecule has 1 atom stereocenters. The predicted molar refractivity (Wildman–Crippen MR) is 69.3 cm³/mol. The van der Waals surface area contributed by atoms with E-state index in [9.17, 15) is 4.79 Å². The van der Waals surface area contributed by atoms with Gasteiger partial charge in [0.15, 0.2) is 0 Å². The lowest BCUT2D eigenvalue weighted by atomic mass is 9.95. The highest BCUT2D eigenvalue weighted by Crippen LogP contribution is 2.26. The average molecular weight is 235 g/mol. The van der Waals surface area contributed by atoms with E-state index in [1.807, 2.05) is 26.2 Å². The van der Waals surface area contributed by atoms with Crippen molar-refractivity contribution < 1.29 is 9.90 Å². The third-order valence-corrected chi connectivity index (χ3v) is 2.84. The molecule has 0 aliphatic rings. The maximum atomic E-state index is 11.0. The Hall–Kier alpha value is -1.35. The third-order valence-electron chi connectivity index (χ3n) is 2.84. The first kappa shape index (κ1) is 13.7. The molecule has 1 N–H and O–H groups in total. The maximum Gasteiger partial charge on any atom is 0.335 e. The molecule has 1 aromatic carbocycles. The molecule has 0 radical (unpaired) electrons. The summed E-state index contributed by atoms with van der Waals surface area (Å²) in [5, 5.41) is 9.00. The second-order valence-corrected chi connectivity index (χ2v) is 5.04. The zero-order chi connectivity index (χ0) is 13.0. The Bertz CT molecular complexity index is 386. The van der Waals surface area contributed by atoms with Gasteiger partial charge in [-0.25, -0.2) is 4.79 Å². The molecule has 0 saturated carbocycles. The van der Waals surface area contributed by atoms with Crippen molar-refractivity contribution in [2.45, 2.75) is 26.3 Å². The van der Waals surface area contributed by atoms with Crippen molar-refractivity contribution in [2.24, 2.45) is 5.92 Å². The van der Waals surface area contributed by atoms with Crippen LogP contribution in [0.4, 0.5) is 0 Å². The zero-order valence-electron chi connectivity index (χ0n) is 11.0. The van der Waals surface area contributed by atoms with Gasteiger partial charge < -0.3 is 10.0 Å². The van der Waals surface area contributed by atoms with Crippen LogP contribution < -0.4 is 0 Å². The standard InChI is InChI=1S/C14H21NO2/c1-10(2)8-13(15(3)4)11-6-5-7-12(9-11)14(16)17/h5-7,9-10,13H,8H2,1-4H3,(H,16,17). The molecule has 0 spiro atoms. The Labute approximate surface area is 103 Å². The monoisotopic (exact) mass is 235 g/mol. The van der Waals surface area contributed by atoms with Crippen LogP contribution >= 0.6 is 0 Å². The van der Waals surface area contributed by atoms with Gasteiger partial charge in [0.1, 0.15) is 0 Å². The lowest BCUT2D eigenvalue weighted by Crippen LogP contribution is -2.21. The van der Waals surface area contributed by atoms with E-state index in [2.05, 4.69) is 18.7 Å². The van der Waals surface area contributed by atoms with E-state index in [1.54, 1.807) is 12.1 Å². The number of aromatic carboxylic acids is 1. The molecule has 0 aromatic heterocycles. The number of carbonyl (C=O) groups is 1. The lowest BCUT2D eigenvalue weighted by molar-refractivity contribution is 0.0696. The Balaban J connectivity index is 3.01. The van der Waals surface area contributed by atoms with Crippen molar-refractivity contribution in [2.75, 3.05) is 14.1 Å². The smallest absolute Gasteiger partial charge is 0.335 e. The van der Waals surface area contributed by atoms with Crippen molar-refractivity contribution in [1.29, 1.82) is 0 Å². The van der Waals surface area contributed by atoms with Gasteiger partial charge in [0.25, 0.3) is 0 Å². The molecule has 94 valence electrons. The van der Waals surface area contributed by atoms with Gasteiger partial charge in [0.2, 0.25) is 0 Å². The highest BCUT2D eigenvalue weighted by molar-refractivity contribution is 5.87. The van der Waals surface area contributed by atoms with Crippen molar-refractivity contribution in [3.8, 4) is 0 Å². The normalized spacial score (nSPS) is 13.1. The van der Waals surface area contributed by atoms with E-state index in [0.29, 0.717) is 11.5 Å². The van der Waals surface area contributed by atoms with E-state index in [4.69, 9.17) is 5.11 Å². The van der Waals surface area contributed by atoms with Gasteiger partial charge in [-0.1, -0.05) is 26.0 Å². The average Bonchev–Trinajstić information content (AvgIpc) is 2.25. The number of hydrogen-bond acceptors (Lipinski definition) is 2. The molecule has 0 saturated heterocycles. The van der Waals surface area contributed by atoms with Gasteiger partial charge in [0, 0.05) is 6.04 Å². The van der Waals surface area contributed by atoms with Crippen molar-refractivity contribution >= 4 is 5.97 Å². The fraction of sp³-hybridized carbons (Fsp3) is 0.500. The predicted octanol–water partition coefficient (Wildman–Crippen LogP) is 3.03. The molecule has 3 heteroatoms. The summed E-state index contributed by atoms with van der Waals surface area (Å²) < 4.78 is 0. The van der Waals surface area contributed by atoms with Crippen molar-refractivity contribution in [1.82, 2.24) is 4.90 Å². The van der Waals surface area contributed by atoms with Crippen LogP contribution in [0.25, 0.3) is 0 Å². The SMILES string of the molecule is CC(C)CC(c1cccc(C(=O)O)c1)N(C)C. The van der Waals surface area contributed by atoms with Gasteiger partial charge in [-0.05, 0) is 44.1 Å². The van der Waals surface area contributed by atoms with Crippen LogP contribution in [0, 0.1) is 5.92 Å². The first-order valence-electron chi connectivity index (χ1n) is 5.91. The first-order valence-corrected chi connectivity index (χ1v) is 5.91. The summed E-state index contributed by atoms with van der Waals surface area (Å²) in [7, 11) is 4.06. The van der Waals surface area contributed by atoms with Crippen LogP contribution in [0.1, 0.15) is 42.2 Å². The Morgan fingerprint density at radius 1 is 1.35 bits per heavy atom. The summed E-state index contributed by atoms with van der Waals surface area (Å²) in [4.78, 5) is 13.1.